The molecule has 0 unspecified atom stereocenters. The summed E-state index contributed by atoms with van der Waals surface area (Å²) in [6, 6.07) is 7.71. The van der Waals surface area contributed by atoms with Crippen molar-refractivity contribution >= 4 is 11.6 Å². The summed E-state index contributed by atoms with van der Waals surface area (Å²) in [5.74, 6) is 1.28. The minimum Gasteiger partial charge on any atom is -0.466 e. The number of amides is 1. The van der Waals surface area contributed by atoms with Crippen LogP contribution in [0.25, 0.3) is 0 Å². The van der Waals surface area contributed by atoms with Gasteiger partial charge in [-0.25, -0.2) is 0 Å². The van der Waals surface area contributed by atoms with Crippen molar-refractivity contribution in [2.24, 2.45) is 0 Å². The van der Waals surface area contributed by atoms with Gasteiger partial charge in [-0.05, 0) is 44.9 Å². The maximum atomic E-state index is 12.2. The smallest absolute Gasteiger partial charge is 0.259 e. The average molecular weight is 243 g/mol. The van der Waals surface area contributed by atoms with Crippen molar-refractivity contribution in [2.75, 3.05) is 5.32 Å². The van der Waals surface area contributed by atoms with E-state index in [4.69, 9.17) is 4.42 Å². The Morgan fingerprint density at radius 1 is 1.11 bits per heavy atom. The molecule has 1 amide bonds. The molecule has 0 bridgehead atoms. The van der Waals surface area contributed by atoms with E-state index >= 15 is 0 Å². The van der Waals surface area contributed by atoms with Crippen molar-refractivity contribution in [3.8, 4) is 0 Å². The summed E-state index contributed by atoms with van der Waals surface area (Å²) >= 11 is 0. The number of rotatable bonds is 2. The van der Waals surface area contributed by atoms with Crippen molar-refractivity contribution in [3.63, 3.8) is 0 Å². The van der Waals surface area contributed by atoms with E-state index in [9.17, 15) is 4.79 Å². The zero-order valence-corrected chi connectivity index (χ0v) is 11.1. The van der Waals surface area contributed by atoms with Gasteiger partial charge in [0.25, 0.3) is 5.91 Å². The summed E-state index contributed by atoms with van der Waals surface area (Å²) in [7, 11) is 0. The topological polar surface area (TPSA) is 42.2 Å². The van der Waals surface area contributed by atoms with E-state index in [1.807, 2.05) is 39.0 Å². The van der Waals surface area contributed by atoms with Crippen molar-refractivity contribution < 1.29 is 9.21 Å². The molecule has 1 heterocycles. The van der Waals surface area contributed by atoms with E-state index in [1.54, 1.807) is 13.0 Å². The highest BCUT2D eigenvalue weighted by atomic mass is 16.3. The number of anilines is 1. The quantitative estimate of drug-likeness (QED) is 0.872. The summed E-state index contributed by atoms with van der Waals surface area (Å²) in [6.07, 6.45) is 0. The maximum absolute atomic E-state index is 12.2. The molecule has 0 aliphatic rings. The van der Waals surface area contributed by atoms with Crippen LogP contribution >= 0.6 is 0 Å². The number of carbonyl (C=O) groups excluding carboxylic acids is 1. The van der Waals surface area contributed by atoms with Crippen LogP contribution in [0, 0.1) is 27.7 Å². The van der Waals surface area contributed by atoms with E-state index in [1.165, 1.54) is 0 Å². The molecule has 0 saturated carbocycles. The fraction of sp³-hybridized carbons (Fsp3) is 0.267. The molecule has 1 N–H and O–H groups in total. The minimum absolute atomic E-state index is 0.123. The van der Waals surface area contributed by atoms with Crippen LogP contribution < -0.4 is 5.32 Å². The van der Waals surface area contributed by atoms with Gasteiger partial charge in [0.2, 0.25) is 0 Å². The van der Waals surface area contributed by atoms with Crippen LogP contribution in [-0.2, 0) is 0 Å². The second-order valence-electron chi connectivity index (χ2n) is 4.55. The first-order valence-corrected chi connectivity index (χ1v) is 5.93. The van der Waals surface area contributed by atoms with Crippen LogP contribution in [0.5, 0.6) is 0 Å². The van der Waals surface area contributed by atoms with Gasteiger partial charge < -0.3 is 9.73 Å². The van der Waals surface area contributed by atoms with Crippen LogP contribution in [0.4, 0.5) is 5.69 Å². The molecule has 2 aromatic rings. The first-order valence-electron chi connectivity index (χ1n) is 5.93. The third-order valence-electron chi connectivity index (χ3n) is 3.01. The Balaban J connectivity index is 2.30. The van der Waals surface area contributed by atoms with Crippen molar-refractivity contribution in [1.82, 2.24) is 0 Å². The fourth-order valence-corrected chi connectivity index (χ4v) is 2.05. The average Bonchev–Trinajstić information content (AvgIpc) is 2.63. The lowest BCUT2D eigenvalue weighted by atomic mass is 10.1. The molecule has 18 heavy (non-hydrogen) atoms. The summed E-state index contributed by atoms with van der Waals surface area (Å²) in [6.45, 7) is 7.60. The van der Waals surface area contributed by atoms with Gasteiger partial charge in [-0.2, -0.15) is 0 Å². The molecule has 1 aromatic carbocycles. The van der Waals surface area contributed by atoms with Crippen LogP contribution in [0.15, 0.2) is 28.7 Å². The van der Waals surface area contributed by atoms with Gasteiger partial charge in [-0.3, -0.25) is 4.79 Å². The molecule has 94 valence electrons. The second-order valence-corrected chi connectivity index (χ2v) is 4.55. The fourth-order valence-electron chi connectivity index (χ4n) is 2.05. The molecule has 0 spiro atoms. The summed E-state index contributed by atoms with van der Waals surface area (Å²) in [5, 5.41) is 2.95. The summed E-state index contributed by atoms with van der Waals surface area (Å²) in [4.78, 5) is 12.2. The Labute approximate surface area is 107 Å². The van der Waals surface area contributed by atoms with Gasteiger partial charge in [0, 0.05) is 5.69 Å². The third-order valence-corrected chi connectivity index (χ3v) is 3.01. The number of hydrogen-bond acceptors (Lipinski definition) is 2. The largest absolute Gasteiger partial charge is 0.466 e. The molecule has 3 nitrogen and oxygen atoms in total. The number of benzene rings is 1. The van der Waals surface area contributed by atoms with Gasteiger partial charge in [0.05, 0.1) is 5.56 Å². The number of furan rings is 1. The Bertz CT molecular complexity index is 576. The molecule has 0 aliphatic heterocycles. The second kappa shape index (κ2) is 4.69. The lowest BCUT2D eigenvalue weighted by Crippen LogP contribution is -2.14. The standard InChI is InChI=1S/C15H17NO2/c1-9-6-5-7-10(2)14(9)16-15(17)13-8-11(3)18-12(13)4/h5-8H,1-4H3,(H,16,17). The van der Waals surface area contributed by atoms with Gasteiger partial charge >= 0.3 is 0 Å². The van der Waals surface area contributed by atoms with Crippen LogP contribution in [-0.4, -0.2) is 5.91 Å². The molecule has 3 heteroatoms. The monoisotopic (exact) mass is 243 g/mol. The first-order chi connectivity index (χ1) is 8.49. The van der Waals surface area contributed by atoms with Crippen LogP contribution in [0.3, 0.4) is 0 Å². The van der Waals surface area contributed by atoms with E-state index < -0.39 is 0 Å². The molecule has 0 aliphatic carbocycles. The minimum atomic E-state index is -0.123. The zero-order valence-electron chi connectivity index (χ0n) is 11.1. The normalized spacial score (nSPS) is 10.4. The number of para-hydroxylation sites is 1. The van der Waals surface area contributed by atoms with E-state index in [0.29, 0.717) is 11.3 Å². The molecule has 0 radical (unpaired) electrons. The summed E-state index contributed by atoms with van der Waals surface area (Å²) in [5.41, 5.74) is 3.58. The van der Waals surface area contributed by atoms with Crippen LogP contribution in [0.2, 0.25) is 0 Å². The molecule has 2 rings (SSSR count). The lowest BCUT2D eigenvalue weighted by molar-refractivity contribution is 0.102. The Morgan fingerprint density at radius 2 is 1.72 bits per heavy atom. The predicted molar refractivity (Wildman–Crippen MR) is 72.1 cm³/mol. The van der Waals surface area contributed by atoms with Gasteiger partial charge in [-0.15, -0.1) is 0 Å². The third kappa shape index (κ3) is 2.30. The van der Waals surface area contributed by atoms with E-state index in [0.717, 1.165) is 22.6 Å². The number of aryl methyl sites for hydroxylation is 4. The predicted octanol–water partition coefficient (Wildman–Crippen LogP) is 3.77. The van der Waals surface area contributed by atoms with E-state index in [2.05, 4.69) is 5.32 Å². The van der Waals surface area contributed by atoms with Crippen molar-refractivity contribution in [1.29, 1.82) is 0 Å². The number of nitrogens with one attached hydrogen (secondary N) is 1. The van der Waals surface area contributed by atoms with Gasteiger partial charge in [0.15, 0.2) is 0 Å². The highest BCUT2D eigenvalue weighted by Gasteiger charge is 2.15. The lowest BCUT2D eigenvalue weighted by Gasteiger charge is -2.10. The van der Waals surface area contributed by atoms with E-state index in [-0.39, 0.29) is 5.91 Å². The highest BCUT2D eigenvalue weighted by molar-refractivity contribution is 6.05. The summed E-state index contributed by atoms with van der Waals surface area (Å²) < 4.78 is 5.37. The van der Waals surface area contributed by atoms with Crippen molar-refractivity contribution in [3.05, 3.63) is 52.5 Å². The molecule has 0 atom stereocenters. The molecular formula is C15H17NO2. The highest BCUT2D eigenvalue weighted by Crippen LogP contribution is 2.22. The number of carbonyl (C=O) groups is 1. The Morgan fingerprint density at radius 3 is 2.22 bits per heavy atom. The SMILES string of the molecule is Cc1cc(C(=O)Nc2c(C)cccc2C)c(C)o1. The first kappa shape index (κ1) is 12.4. The van der Waals surface area contributed by atoms with Crippen molar-refractivity contribution in [2.45, 2.75) is 27.7 Å². The van der Waals surface area contributed by atoms with Gasteiger partial charge in [-0.1, -0.05) is 18.2 Å². The van der Waals surface area contributed by atoms with Gasteiger partial charge in [0.1, 0.15) is 11.5 Å². The zero-order chi connectivity index (χ0) is 13.3. The van der Waals surface area contributed by atoms with Crippen LogP contribution in [0.1, 0.15) is 33.0 Å². The Hall–Kier alpha value is -2.03. The Kier molecular flexibility index (Phi) is 3.24. The molecule has 0 saturated heterocycles. The maximum Gasteiger partial charge on any atom is 0.259 e. The molecule has 1 aromatic heterocycles. The number of hydrogen-bond donors (Lipinski definition) is 1. The molecule has 0 fully saturated rings. The molecular weight excluding hydrogens is 226 g/mol.